The van der Waals surface area contributed by atoms with Gasteiger partial charge < -0.3 is 5.32 Å². The second-order valence-electron chi connectivity index (χ2n) is 5.54. The van der Waals surface area contributed by atoms with Gasteiger partial charge in [-0.05, 0) is 38.1 Å². The molecule has 0 fully saturated rings. The highest BCUT2D eigenvalue weighted by Crippen LogP contribution is 2.22. The van der Waals surface area contributed by atoms with E-state index in [1.54, 1.807) is 30.3 Å². The van der Waals surface area contributed by atoms with Crippen LogP contribution in [0.1, 0.15) is 12.5 Å². The maximum Gasteiger partial charge on any atom is 0.248 e. The molecule has 0 aliphatic heterocycles. The van der Waals surface area contributed by atoms with Crippen molar-refractivity contribution in [3.8, 4) is 0 Å². The first-order valence-corrected chi connectivity index (χ1v) is 9.16. The normalized spacial score (nSPS) is 12.5. The molecule has 2 rings (SSSR count). The molecule has 0 unspecified atom stereocenters. The Hall–Kier alpha value is -2.41. The number of sulfonamides is 1. The molecule has 128 valence electrons. The minimum Gasteiger partial charge on any atom is -0.322 e. The fraction of sp³-hybridized carbons (Fsp3) is 0.235. The fourth-order valence-corrected chi connectivity index (χ4v) is 3.48. The molecular formula is C17H19FN2O3S. The number of nitrogens with one attached hydrogen (secondary N) is 1. The number of carbonyl (C=O) groups is 1. The number of amides is 1. The number of rotatable bonds is 5. The molecule has 0 aliphatic rings. The maximum absolute atomic E-state index is 13.7. The van der Waals surface area contributed by atoms with Gasteiger partial charge in [-0.3, -0.25) is 9.10 Å². The predicted molar refractivity (Wildman–Crippen MR) is 93.0 cm³/mol. The van der Waals surface area contributed by atoms with Crippen LogP contribution in [0.4, 0.5) is 15.8 Å². The molecule has 2 aromatic rings. The zero-order valence-corrected chi connectivity index (χ0v) is 14.5. The number of benzene rings is 2. The van der Waals surface area contributed by atoms with Crippen LogP contribution in [0.25, 0.3) is 0 Å². The van der Waals surface area contributed by atoms with E-state index in [1.165, 1.54) is 25.1 Å². The van der Waals surface area contributed by atoms with Crippen LogP contribution in [0, 0.1) is 12.7 Å². The zero-order chi connectivity index (χ0) is 17.9. The van der Waals surface area contributed by atoms with E-state index in [9.17, 15) is 17.6 Å². The van der Waals surface area contributed by atoms with Crippen molar-refractivity contribution in [2.75, 3.05) is 15.9 Å². The Labute approximate surface area is 141 Å². The van der Waals surface area contributed by atoms with Gasteiger partial charge >= 0.3 is 0 Å². The number of halogens is 1. The van der Waals surface area contributed by atoms with Crippen molar-refractivity contribution < 1.29 is 17.6 Å². The molecule has 5 nitrogen and oxygen atoms in total. The summed E-state index contributed by atoms with van der Waals surface area (Å²) in [6.07, 6.45) is 1.03. The van der Waals surface area contributed by atoms with E-state index in [0.29, 0.717) is 5.69 Å². The van der Waals surface area contributed by atoms with Gasteiger partial charge in [-0.25, -0.2) is 12.8 Å². The van der Waals surface area contributed by atoms with Gasteiger partial charge in [0.2, 0.25) is 15.9 Å². The third-order valence-corrected chi connectivity index (χ3v) is 4.75. The summed E-state index contributed by atoms with van der Waals surface area (Å²) in [4.78, 5) is 12.4. The minimum atomic E-state index is -3.70. The molecule has 0 spiro atoms. The standard InChI is InChI=1S/C17H19FN2O3S/c1-12-8-10-14(11-9-12)20(24(3,22)23)13(2)17(21)19-16-7-5-4-6-15(16)18/h4-11,13H,1-3H3,(H,19,21)/t13-/m1/s1. The predicted octanol–water partition coefficient (Wildman–Crippen LogP) is 2.93. The lowest BCUT2D eigenvalue weighted by Gasteiger charge is -2.28. The summed E-state index contributed by atoms with van der Waals surface area (Å²) in [5.41, 5.74) is 1.35. The lowest BCUT2D eigenvalue weighted by molar-refractivity contribution is -0.116. The molecule has 0 saturated carbocycles. The van der Waals surface area contributed by atoms with E-state index in [2.05, 4.69) is 5.32 Å². The molecular weight excluding hydrogens is 331 g/mol. The summed E-state index contributed by atoms with van der Waals surface area (Å²) in [5, 5.41) is 2.42. The van der Waals surface area contributed by atoms with Gasteiger partial charge in [0.25, 0.3) is 0 Å². The Balaban J connectivity index is 2.31. The number of anilines is 2. The molecule has 2 aromatic carbocycles. The molecule has 0 aliphatic carbocycles. The monoisotopic (exact) mass is 350 g/mol. The Kier molecular flexibility index (Phi) is 5.23. The van der Waals surface area contributed by atoms with E-state index in [0.717, 1.165) is 16.1 Å². The van der Waals surface area contributed by atoms with Crippen molar-refractivity contribution >= 4 is 27.3 Å². The summed E-state index contributed by atoms with van der Waals surface area (Å²) in [5.74, 6) is -1.20. The first-order chi connectivity index (χ1) is 11.2. The molecule has 0 saturated heterocycles. The number of hydrogen-bond acceptors (Lipinski definition) is 3. The number of aryl methyl sites for hydroxylation is 1. The number of para-hydroxylation sites is 1. The highest BCUT2D eigenvalue weighted by atomic mass is 32.2. The number of carbonyl (C=O) groups excluding carboxylic acids is 1. The molecule has 1 N–H and O–H groups in total. The quantitative estimate of drug-likeness (QED) is 0.902. The van der Waals surface area contributed by atoms with Crippen LogP contribution < -0.4 is 9.62 Å². The van der Waals surface area contributed by atoms with Crippen LogP contribution in [0.3, 0.4) is 0 Å². The third kappa shape index (κ3) is 4.11. The van der Waals surface area contributed by atoms with Crippen molar-refractivity contribution in [3.05, 3.63) is 59.9 Å². The van der Waals surface area contributed by atoms with Crippen molar-refractivity contribution in [1.82, 2.24) is 0 Å². The maximum atomic E-state index is 13.7. The summed E-state index contributed by atoms with van der Waals surface area (Å²) in [7, 11) is -3.70. The van der Waals surface area contributed by atoms with Crippen LogP contribution >= 0.6 is 0 Å². The van der Waals surface area contributed by atoms with E-state index < -0.39 is 27.8 Å². The second kappa shape index (κ2) is 7.00. The minimum absolute atomic E-state index is 0.00621. The van der Waals surface area contributed by atoms with Gasteiger partial charge in [0.05, 0.1) is 17.6 Å². The molecule has 1 amide bonds. The van der Waals surface area contributed by atoms with E-state index in [4.69, 9.17) is 0 Å². The highest BCUT2D eigenvalue weighted by molar-refractivity contribution is 7.92. The first-order valence-electron chi connectivity index (χ1n) is 7.31. The molecule has 7 heteroatoms. The Morgan fingerprint density at radius 2 is 1.71 bits per heavy atom. The Bertz CT molecular complexity index is 835. The highest BCUT2D eigenvalue weighted by Gasteiger charge is 2.29. The van der Waals surface area contributed by atoms with Crippen molar-refractivity contribution in [2.24, 2.45) is 0 Å². The molecule has 24 heavy (non-hydrogen) atoms. The number of hydrogen-bond donors (Lipinski definition) is 1. The summed E-state index contributed by atoms with van der Waals surface area (Å²) in [6, 6.07) is 11.4. The Morgan fingerprint density at radius 1 is 1.12 bits per heavy atom. The van der Waals surface area contributed by atoms with E-state index in [1.807, 2.05) is 6.92 Å². The van der Waals surface area contributed by atoms with Gasteiger partial charge in [0.15, 0.2) is 0 Å². The van der Waals surface area contributed by atoms with Crippen LogP contribution in [0.15, 0.2) is 48.5 Å². The van der Waals surface area contributed by atoms with Gasteiger partial charge in [-0.2, -0.15) is 0 Å². The lowest BCUT2D eigenvalue weighted by Crippen LogP contribution is -2.45. The van der Waals surface area contributed by atoms with Crippen LogP contribution in [0.2, 0.25) is 0 Å². The summed E-state index contributed by atoms with van der Waals surface area (Å²) < 4.78 is 39.0. The van der Waals surface area contributed by atoms with E-state index >= 15 is 0 Å². The molecule has 0 aromatic heterocycles. The van der Waals surface area contributed by atoms with Crippen molar-refractivity contribution in [2.45, 2.75) is 19.9 Å². The van der Waals surface area contributed by atoms with Crippen molar-refractivity contribution in [3.63, 3.8) is 0 Å². The van der Waals surface area contributed by atoms with Crippen LogP contribution in [0.5, 0.6) is 0 Å². The van der Waals surface area contributed by atoms with Gasteiger partial charge in [0.1, 0.15) is 11.9 Å². The van der Waals surface area contributed by atoms with Gasteiger partial charge in [0, 0.05) is 0 Å². The molecule has 0 bridgehead atoms. The van der Waals surface area contributed by atoms with E-state index in [-0.39, 0.29) is 5.69 Å². The largest absolute Gasteiger partial charge is 0.322 e. The van der Waals surface area contributed by atoms with Gasteiger partial charge in [-0.15, -0.1) is 0 Å². The summed E-state index contributed by atoms with van der Waals surface area (Å²) >= 11 is 0. The lowest BCUT2D eigenvalue weighted by atomic mass is 10.2. The topological polar surface area (TPSA) is 66.5 Å². The van der Waals surface area contributed by atoms with Crippen LogP contribution in [-0.2, 0) is 14.8 Å². The third-order valence-electron chi connectivity index (χ3n) is 3.51. The zero-order valence-electron chi connectivity index (χ0n) is 13.7. The second-order valence-corrected chi connectivity index (χ2v) is 7.40. The fourth-order valence-electron chi connectivity index (χ4n) is 2.30. The SMILES string of the molecule is Cc1ccc(N([C@H](C)C(=O)Nc2ccccc2F)S(C)(=O)=O)cc1. The molecule has 1 atom stereocenters. The number of nitrogens with zero attached hydrogens (tertiary/aromatic N) is 1. The first kappa shape index (κ1) is 17.9. The average molecular weight is 350 g/mol. The van der Waals surface area contributed by atoms with Crippen molar-refractivity contribution in [1.29, 1.82) is 0 Å². The molecule has 0 radical (unpaired) electrons. The van der Waals surface area contributed by atoms with Gasteiger partial charge in [-0.1, -0.05) is 29.8 Å². The smallest absolute Gasteiger partial charge is 0.248 e. The average Bonchev–Trinajstić information content (AvgIpc) is 2.50. The molecule has 0 heterocycles. The Morgan fingerprint density at radius 3 is 2.25 bits per heavy atom. The summed E-state index contributed by atoms with van der Waals surface area (Å²) in [6.45, 7) is 3.33. The van der Waals surface area contributed by atoms with Crippen LogP contribution in [-0.4, -0.2) is 26.6 Å².